The van der Waals surface area contributed by atoms with E-state index in [1.165, 1.54) is 12.5 Å². The number of carbonyl (C=O) groups excluding carboxylic acids is 1. The number of rotatable bonds is 3. The molecule has 1 amide bonds. The van der Waals surface area contributed by atoms with Gasteiger partial charge >= 0.3 is 0 Å². The van der Waals surface area contributed by atoms with Crippen molar-refractivity contribution in [2.75, 3.05) is 11.1 Å². The molecule has 21 heavy (non-hydrogen) atoms. The lowest BCUT2D eigenvalue weighted by Crippen LogP contribution is -2.17. The van der Waals surface area contributed by atoms with Crippen molar-refractivity contribution in [3.63, 3.8) is 0 Å². The number of nitrogens with one attached hydrogen (secondary N) is 1. The fourth-order valence-electron chi connectivity index (χ4n) is 1.82. The summed E-state index contributed by atoms with van der Waals surface area (Å²) in [6.07, 6.45) is 2.99. The molecule has 0 saturated heterocycles. The van der Waals surface area contributed by atoms with Crippen LogP contribution in [0.15, 0.2) is 59.3 Å². The van der Waals surface area contributed by atoms with Crippen molar-refractivity contribution in [3.8, 4) is 11.5 Å². The van der Waals surface area contributed by atoms with Gasteiger partial charge in [0.05, 0.1) is 12.5 Å². The molecule has 0 saturated carbocycles. The van der Waals surface area contributed by atoms with Crippen molar-refractivity contribution < 1.29 is 10.6 Å². The highest BCUT2D eigenvalue weighted by Crippen LogP contribution is 2.19. The van der Waals surface area contributed by atoms with Crippen LogP contribution in [0, 0.1) is 0 Å². The number of anilines is 2. The van der Waals surface area contributed by atoms with Crippen LogP contribution in [0.3, 0.4) is 0 Å². The minimum absolute atomic E-state index is 0. The second kappa shape index (κ2) is 5.46. The van der Waals surface area contributed by atoms with Crippen molar-refractivity contribution in [3.05, 3.63) is 60.6 Å². The topological polar surface area (TPSA) is 94.0 Å². The molecule has 0 aliphatic heterocycles. The average Bonchev–Trinajstić information content (AvgIpc) is 3.03. The Morgan fingerprint density at radius 3 is 2.71 bits per heavy atom. The summed E-state index contributed by atoms with van der Waals surface area (Å²) in [5.74, 6) is 0.176. The first kappa shape index (κ1) is 12.9. The highest BCUT2D eigenvalue weighted by Gasteiger charge is 2.15. The van der Waals surface area contributed by atoms with Gasteiger partial charge in [-0.15, -0.1) is 0 Å². The van der Waals surface area contributed by atoms with Crippen LogP contribution in [-0.4, -0.2) is 15.9 Å². The highest BCUT2D eigenvalue weighted by atomic mass is 16.3. The van der Waals surface area contributed by atoms with Crippen molar-refractivity contribution in [1.29, 1.82) is 0 Å². The number of nitrogen functional groups attached to an aromatic ring is 1. The quantitative estimate of drug-likeness (QED) is 0.770. The van der Waals surface area contributed by atoms with Gasteiger partial charge in [0.2, 0.25) is 0 Å². The minimum atomic E-state index is -0.417. The Morgan fingerprint density at radius 1 is 1.19 bits per heavy atom. The molecule has 0 spiro atoms. The van der Waals surface area contributed by atoms with Gasteiger partial charge in [-0.05, 0) is 24.3 Å². The van der Waals surface area contributed by atoms with E-state index < -0.39 is 5.91 Å². The number of aromatic nitrogens is 2. The maximum absolute atomic E-state index is 12.2. The van der Waals surface area contributed by atoms with Gasteiger partial charge in [0.1, 0.15) is 5.69 Å². The molecule has 0 fully saturated rings. The number of carbonyl (C=O) groups is 1. The summed E-state index contributed by atoms with van der Waals surface area (Å²) in [6, 6.07) is 12.5. The molecule has 0 aliphatic carbocycles. The maximum Gasteiger partial charge on any atom is 0.278 e. The van der Waals surface area contributed by atoms with Gasteiger partial charge in [0, 0.05) is 7.11 Å². The predicted octanol–water partition coefficient (Wildman–Crippen LogP) is 2.82. The molecule has 106 valence electrons. The number of para-hydroxylation sites is 1. The molecular formula is C15H14N4O2. The Labute approximate surface area is 122 Å². The van der Waals surface area contributed by atoms with Gasteiger partial charge in [-0.25, -0.2) is 9.97 Å². The number of hydrogen-bond donors (Lipinski definition) is 2. The average molecular weight is 282 g/mol. The first-order valence-corrected chi connectivity index (χ1v) is 6.27. The molecule has 6 nitrogen and oxygen atoms in total. The van der Waals surface area contributed by atoms with Crippen LogP contribution in [0.4, 0.5) is 11.5 Å². The van der Waals surface area contributed by atoms with Crippen LogP contribution < -0.4 is 11.1 Å². The van der Waals surface area contributed by atoms with Crippen LogP contribution in [0.2, 0.25) is 0 Å². The van der Waals surface area contributed by atoms with Gasteiger partial charge in [0.25, 0.3) is 5.91 Å². The third-order valence-corrected chi connectivity index (χ3v) is 2.82. The summed E-state index contributed by atoms with van der Waals surface area (Å²) < 4.78 is 5.24. The molecule has 0 aliphatic rings. The number of benzene rings is 1. The van der Waals surface area contributed by atoms with E-state index in [1.807, 2.05) is 18.2 Å². The summed E-state index contributed by atoms with van der Waals surface area (Å²) in [4.78, 5) is 20.4. The summed E-state index contributed by atoms with van der Waals surface area (Å²) in [5, 5.41) is 2.72. The lowest BCUT2D eigenvalue weighted by atomic mass is 10.3. The van der Waals surface area contributed by atoms with Crippen LogP contribution in [0.1, 0.15) is 11.9 Å². The van der Waals surface area contributed by atoms with E-state index in [2.05, 4.69) is 15.3 Å². The van der Waals surface area contributed by atoms with E-state index in [-0.39, 0.29) is 12.9 Å². The Kier molecular flexibility index (Phi) is 3.34. The third-order valence-electron chi connectivity index (χ3n) is 2.82. The Hall–Kier alpha value is -3.15. The minimum Gasteiger partial charge on any atom is -0.463 e. The van der Waals surface area contributed by atoms with Gasteiger partial charge in [-0.3, -0.25) is 4.79 Å². The largest absolute Gasteiger partial charge is 0.463 e. The van der Waals surface area contributed by atoms with Crippen molar-refractivity contribution in [2.24, 2.45) is 0 Å². The summed E-state index contributed by atoms with van der Waals surface area (Å²) in [7, 11) is 0. The Bertz CT molecular complexity index is 760. The van der Waals surface area contributed by atoms with Gasteiger partial charge in [0.15, 0.2) is 17.3 Å². The molecule has 0 atom stereocenters. The molecule has 0 radical (unpaired) electrons. The molecule has 0 bridgehead atoms. The summed E-state index contributed by atoms with van der Waals surface area (Å²) in [6.45, 7) is 0. The zero-order valence-electron chi connectivity index (χ0n) is 11.0. The number of amides is 1. The van der Waals surface area contributed by atoms with Gasteiger partial charge in [-0.2, -0.15) is 0 Å². The van der Waals surface area contributed by atoms with E-state index in [4.69, 9.17) is 10.2 Å². The monoisotopic (exact) mass is 282 g/mol. The van der Waals surface area contributed by atoms with E-state index in [0.29, 0.717) is 17.1 Å². The van der Waals surface area contributed by atoms with Crippen LogP contribution in [-0.2, 0) is 0 Å². The van der Waals surface area contributed by atoms with Crippen molar-refractivity contribution >= 4 is 17.4 Å². The lowest BCUT2D eigenvalue weighted by molar-refractivity contribution is 0.102. The molecule has 3 rings (SSSR count). The molecule has 1 aromatic carbocycles. The summed E-state index contributed by atoms with van der Waals surface area (Å²) >= 11 is 0. The SMILES string of the molecule is Nc1ncc(-c2ccco2)nc1C(=O)Nc1ccccc1.[HH]. The summed E-state index contributed by atoms with van der Waals surface area (Å²) in [5.41, 5.74) is 6.91. The van der Waals surface area contributed by atoms with Crippen LogP contribution in [0.25, 0.3) is 11.5 Å². The molecular weight excluding hydrogens is 268 g/mol. The zero-order chi connectivity index (χ0) is 14.7. The Morgan fingerprint density at radius 2 is 2.00 bits per heavy atom. The number of hydrogen-bond acceptors (Lipinski definition) is 5. The smallest absolute Gasteiger partial charge is 0.278 e. The van der Waals surface area contributed by atoms with Gasteiger partial charge < -0.3 is 15.5 Å². The van der Waals surface area contributed by atoms with Crippen LogP contribution >= 0.6 is 0 Å². The molecule has 2 heterocycles. The maximum atomic E-state index is 12.2. The Balaban J connectivity index is 0.00000176. The number of nitrogens with two attached hydrogens (primary N) is 1. The first-order valence-electron chi connectivity index (χ1n) is 6.27. The fourth-order valence-corrected chi connectivity index (χ4v) is 1.82. The van der Waals surface area contributed by atoms with Crippen LogP contribution in [0.5, 0.6) is 0 Å². The molecule has 0 unspecified atom stereocenters. The molecule has 6 heteroatoms. The molecule has 3 N–H and O–H groups in total. The number of nitrogens with zero attached hydrogens (tertiary/aromatic N) is 2. The standard InChI is InChI=1S/C15H12N4O2.H2/c16-14-13(15(20)18-10-5-2-1-3-6-10)19-11(9-17-14)12-7-4-8-21-12;/h1-9H,(H2,16,17)(H,18,20);1H. The van der Waals surface area contributed by atoms with E-state index >= 15 is 0 Å². The van der Waals surface area contributed by atoms with Crippen molar-refractivity contribution in [1.82, 2.24) is 9.97 Å². The van der Waals surface area contributed by atoms with E-state index in [1.54, 1.807) is 24.3 Å². The fraction of sp³-hybridized carbons (Fsp3) is 0. The zero-order valence-corrected chi connectivity index (χ0v) is 11.0. The third kappa shape index (κ3) is 2.74. The molecule has 3 aromatic rings. The van der Waals surface area contributed by atoms with E-state index in [0.717, 1.165) is 0 Å². The molecule has 2 aromatic heterocycles. The van der Waals surface area contributed by atoms with E-state index in [9.17, 15) is 4.79 Å². The van der Waals surface area contributed by atoms with Gasteiger partial charge in [-0.1, -0.05) is 18.2 Å². The lowest BCUT2D eigenvalue weighted by Gasteiger charge is -2.07. The normalized spacial score (nSPS) is 10.3. The predicted molar refractivity (Wildman–Crippen MR) is 80.7 cm³/mol. The second-order valence-electron chi connectivity index (χ2n) is 4.29. The number of furan rings is 1. The second-order valence-corrected chi connectivity index (χ2v) is 4.29. The van der Waals surface area contributed by atoms with Crippen molar-refractivity contribution in [2.45, 2.75) is 0 Å². The first-order chi connectivity index (χ1) is 10.2. The highest BCUT2D eigenvalue weighted by molar-refractivity contribution is 6.05.